The molecule has 5 heteroatoms. The Labute approximate surface area is 127 Å². The summed E-state index contributed by atoms with van der Waals surface area (Å²) >= 11 is 5.74. The molecule has 1 aliphatic rings. The van der Waals surface area contributed by atoms with Gasteiger partial charge in [-0.25, -0.2) is 4.39 Å². The van der Waals surface area contributed by atoms with E-state index in [0.29, 0.717) is 12.5 Å². The number of nitrogens with two attached hydrogens (primary N) is 1. The van der Waals surface area contributed by atoms with Crippen LogP contribution >= 0.6 is 11.6 Å². The van der Waals surface area contributed by atoms with Gasteiger partial charge in [0.15, 0.2) is 5.96 Å². The van der Waals surface area contributed by atoms with Gasteiger partial charge in [0.1, 0.15) is 5.82 Å². The molecule has 1 aliphatic heterocycles. The van der Waals surface area contributed by atoms with Gasteiger partial charge in [-0.3, -0.25) is 4.99 Å². The van der Waals surface area contributed by atoms with E-state index in [-0.39, 0.29) is 11.1 Å². The smallest absolute Gasteiger partial charge is 0.196 e. The molecular formula is C16H15ClFN3. The molecule has 0 amide bonds. The highest BCUT2D eigenvalue weighted by atomic mass is 35.5. The summed E-state index contributed by atoms with van der Waals surface area (Å²) in [6.07, 6.45) is 0. The first-order valence-electron chi connectivity index (χ1n) is 6.67. The van der Waals surface area contributed by atoms with Crippen LogP contribution < -0.4 is 10.6 Å². The zero-order valence-corrected chi connectivity index (χ0v) is 12.3. The Bertz CT molecular complexity index is 697. The average molecular weight is 304 g/mol. The van der Waals surface area contributed by atoms with Gasteiger partial charge in [-0.2, -0.15) is 0 Å². The molecule has 0 saturated heterocycles. The summed E-state index contributed by atoms with van der Waals surface area (Å²) in [5.41, 5.74) is 8.92. The van der Waals surface area contributed by atoms with E-state index in [1.807, 2.05) is 42.2 Å². The standard InChI is InChI=1S/C16H15ClFN3/c1-10-2-5-12(6-3-10)21-15(9-20-16(21)19)11-4-7-13(17)14(18)8-11/h2-8,15H,9H2,1H3,(H2,19,20). The van der Waals surface area contributed by atoms with Crippen molar-refractivity contribution in [2.45, 2.75) is 13.0 Å². The van der Waals surface area contributed by atoms with Gasteiger partial charge in [-0.1, -0.05) is 35.4 Å². The summed E-state index contributed by atoms with van der Waals surface area (Å²) in [5, 5.41) is 0.118. The molecule has 1 unspecified atom stereocenters. The molecular weight excluding hydrogens is 289 g/mol. The van der Waals surface area contributed by atoms with Crippen LogP contribution in [-0.2, 0) is 0 Å². The minimum atomic E-state index is -0.427. The van der Waals surface area contributed by atoms with Crippen molar-refractivity contribution in [2.24, 2.45) is 10.7 Å². The summed E-state index contributed by atoms with van der Waals surface area (Å²) in [6, 6.07) is 12.7. The maximum atomic E-state index is 13.7. The zero-order chi connectivity index (χ0) is 15.0. The minimum absolute atomic E-state index is 0.112. The van der Waals surface area contributed by atoms with E-state index in [1.165, 1.54) is 11.6 Å². The molecule has 108 valence electrons. The maximum Gasteiger partial charge on any atom is 0.196 e. The fourth-order valence-corrected chi connectivity index (χ4v) is 2.61. The predicted molar refractivity (Wildman–Crippen MR) is 84.3 cm³/mol. The molecule has 2 N–H and O–H groups in total. The highest BCUT2D eigenvalue weighted by molar-refractivity contribution is 6.30. The highest BCUT2D eigenvalue weighted by Crippen LogP contribution is 2.32. The van der Waals surface area contributed by atoms with E-state index < -0.39 is 5.82 Å². The number of aliphatic imine (C=N–C) groups is 1. The summed E-state index contributed by atoms with van der Waals surface area (Å²) in [5.74, 6) is 0.0164. The van der Waals surface area contributed by atoms with Crippen LogP contribution in [0.2, 0.25) is 5.02 Å². The van der Waals surface area contributed by atoms with Gasteiger partial charge in [0, 0.05) is 5.69 Å². The monoisotopic (exact) mass is 303 g/mol. The number of anilines is 1. The first-order chi connectivity index (χ1) is 10.1. The van der Waals surface area contributed by atoms with Crippen LogP contribution in [0.1, 0.15) is 17.2 Å². The fraction of sp³-hybridized carbons (Fsp3) is 0.188. The molecule has 0 fully saturated rings. The lowest BCUT2D eigenvalue weighted by molar-refractivity contribution is 0.622. The Morgan fingerprint density at radius 3 is 2.62 bits per heavy atom. The molecule has 0 bridgehead atoms. The van der Waals surface area contributed by atoms with Crippen molar-refractivity contribution >= 4 is 23.2 Å². The van der Waals surface area contributed by atoms with Crippen LogP contribution in [0.25, 0.3) is 0 Å². The van der Waals surface area contributed by atoms with E-state index in [0.717, 1.165) is 11.3 Å². The molecule has 0 radical (unpaired) electrons. The quantitative estimate of drug-likeness (QED) is 0.920. The van der Waals surface area contributed by atoms with Crippen molar-refractivity contribution in [3.05, 3.63) is 64.4 Å². The number of hydrogen-bond donors (Lipinski definition) is 1. The van der Waals surface area contributed by atoms with Gasteiger partial charge in [-0.05, 0) is 36.8 Å². The van der Waals surface area contributed by atoms with E-state index in [4.69, 9.17) is 17.3 Å². The Morgan fingerprint density at radius 2 is 1.95 bits per heavy atom. The molecule has 2 aromatic rings. The molecule has 21 heavy (non-hydrogen) atoms. The molecule has 3 nitrogen and oxygen atoms in total. The minimum Gasteiger partial charge on any atom is -0.369 e. The van der Waals surface area contributed by atoms with Crippen molar-refractivity contribution in [3.63, 3.8) is 0 Å². The van der Waals surface area contributed by atoms with Gasteiger partial charge in [0.2, 0.25) is 0 Å². The van der Waals surface area contributed by atoms with Crippen molar-refractivity contribution < 1.29 is 4.39 Å². The summed E-state index contributed by atoms with van der Waals surface area (Å²) < 4.78 is 13.7. The second-order valence-electron chi connectivity index (χ2n) is 5.09. The first-order valence-corrected chi connectivity index (χ1v) is 7.05. The molecule has 1 atom stereocenters. The molecule has 1 heterocycles. The number of halogens is 2. The van der Waals surface area contributed by atoms with Crippen LogP contribution in [0.4, 0.5) is 10.1 Å². The third-order valence-corrected chi connectivity index (χ3v) is 3.93. The third kappa shape index (κ3) is 2.59. The Balaban J connectivity index is 1.98. The lowest BCUT2D eigenvalue weighted by atomic mass is 10.1. The summed E-state index contributed by atoms with van der Waals surface area (Å²) in [6.45, 7) is 2.53. The SMILES string of the molecule is Cc1ccc(N2C(N)=NCC2c2ccc(Cl)c(F)c2)cc1. The Kier molecular flexibility index (Phi) is 3.55. The van der Waals surface area contributed by atoms with Crippen molar-refractivity contribution in [1.29, 1.82) is 0 Å². The van der Waals surface area contributed by atoms with Gasteiger partial charge in [-0.15, -0.1) is 0 Å². The number of aryl methyl sites for hydroxylation is 1. The van der Waals surface area contributed by atoms with E-state index >= 15 is 0 Å². The molecule has 0 aromatic heterocycles. The summed E-state index contributed by atoms with van der Waals surface area (Å²) in [4.78, 5) is 6.21. The lowest BCUT2D eigenvalue weighted by Gasteiger charge is -2.27. The maximum absolute atomic E-state index is 13.7. The topological polar surface area (TPSA) is 41.6 Å². The van der Waals surface area contributed by atoms with Gasteiger partial charge in [0.25, 0.3) is 0 Å². The molecule has 2 aromatic carbocycles. The van der Waals surface area contributed by atoms with Gasteiger partial charge < -0.3 is 10.6 Å². The largest absolute Gasteiger partial charge is 0.369 e. The molecule has 0 aliphatic carbocycles. The van der Waals surface area contributed by atoms with Crippen LogP contribution in [-0.4, -0.2) is 12.5 Å². The Hall–Kier alpha value is -2.07. The molecule has 3 rings (SSSR count). The van der Waals surface area contributed by atoms with Crippen LogP contribution in [0.5, 0.6) is 0 Å². The van der Waals surface area contributed by atoms with Crippen LogP contribution in [0.3, 0.4) is 0 Å². The van der Waals surface area contributed by atoms with Crippen molar-refractivity contribution in [2.75, 3.05) is 11.4 Å². The van der Waals surface area contributed by atoms with Gasteiger partial charge >= 0.3 is 0 Å². The van der Waals surface area contributed by atoms with Crippen LogP contribution in [0.15, 0.2) is 47.5 Å². The first kappa shape index (κ1) is 13.9. The number of benzene rings is 2. The number of nitrogens with zero attached hydrogens (tertiary/aromatic N) is 2. The van der Waals surface area contributed by atoms with Crippen molar-refractivity contribution in [3.8, 4) is 0 Å². The molecule has 0 spiro atoms. The summed E-state index contributed by atoms with van der Waals surface area (Å²) in [7, 11) is 0. The van der Waals surface area contributed by atoms with Gasteiger partial charge in [0.05, 0.1) is 17.6 Å². The Morgan fingerprint density at radius 1 is 1.24 bits per heavy atom. The molecule has 0 saturated carbocycles. The number of hydrogen-bond acceptors (Lipinski definition) is 3. The second-order valence-corrected chi connectivity index (χ2v) is 5.50. The lowest BCUT2D eigenvalue weighted by Crippen LogP contribution is -2.36. The number of rotatable bonds is 2. The van der Waals surface area contributed by atoms with Crippen molar-refractivity contribution in [1.82, 2.24) is 0 Å². The van der Waals surface area contributed by atoms with E-state index in [9.17, 15) is 4.39 Å². The zero-order valence-electron chi connectivity index (χ0n) is 11.6. The van der Waals surface area contributed by atoms with E-state index in [1.54, 1.807) is 6.07 Å². The highest BCUT2D eigenvalue weighted by Gasteiger charge is 2.29. The third-order valence-electron chi connectivity index (χ3n) is 3.63. The van der Waals surface area contributed by atoms with E-state index in [2.05, 4.69) is 4.99 Å². The second kappa shape index (κ2) is 5.37. The normalized spacial score (nSPS) is 18.0. The average Bonchev–Trinajstić information content (AvgIpc) is 2.85. The predicted octanol–water partition coefficient (Wildman–Crippen LogP) is 3.66. The fourth-order valence-electron chi connectivity index (χ4n) is 2.49. The number of guanidine groups is 1. The van der Waals surface area contributed by atoms with Crippen LogP contribution in [0, 0.1) is 12.7 Å².